The lowest BCUT2D eigenvalue weighted by Crippen LogP contribution is -2.26. The van der Waals surface area contributed by atoms with Crippen LogP contribution in [-0.4, -0.2) is 36.1 Å². The van der Waals surface area contributed by atoms with Crippen LogP contribution in [0.4, 0.5) is 0 Å². The molecule has 0 spiro atoms. The quantitative estimate of drug-likeness (QED) is 0.690. The summed E-state index contributed by atoms with van der Waals surface area (Å²) in [7, 11) is 4.66. The molecule has 1 aliphatic heterocycles. The van der Waals surface area contributed by atoms with Crippen LogP contribution in [0.15, 0.2) is 29.1 Å². The second kappa shape index (κ2) is 6.12. The Bertz CT molecular complexity index is 1130. The van der Waals surface area contributed by atoms with Gasteiger partial charge in [0, 0.05) is 17.7 Å². The minimum atomic E-state index is -0.400. The molecule has 0 bridgehead atoms. The lowest BCUT2D eigenvalue weighted by molar-refractivity contribution is 0.321. The van der Waals surface area contributed by atoms with E-state index in [0.29, 0.717) is 41.3 Å². The van der Waals surface area contributed by atoms with Crippen molar-refractivity contribution in [3.05, 3.63) is 40.2 Å². The van der Waals surface area contributed by atoms with E-state index in [1.807, 2.05) is 12.1 Å². The maximum Gasteiger partial charge on any atom is 0.262 e. The summed E-state index contributed by atoms with van der Waals surface area (Å²) in [6.45, 7) is 0.415. The van der Waals surface area contributed by atoms with Crippen molar-refractivity contribution < 1.29 is 24.4 Å². The maximum absolute atomic E-state index is 13.0. The van der Waals surface area contributed by atoms with Crippen molar-refractivity contribution in [2.75, 3.05) is 21.3 Å². The summed E-state index contributed by atoms with van der Waals surface area (Å²) in [6, 6.07) is 6.62. The van der Waals surface area contributed by atoms with Crippen LogP contribution in [0.3, 0.4) is 0 Å². The molecular formula is C20H19NO6. The normalized spacial score (nSPS) is 12.4. The highest BCUT2D eigenvalue weighted by Gasteiger charge is 2.27. The predicted octanol–water partition coefficient (Wildman–Crippen LogP) is 2.66. The van der Waals surface area contributed by atoms with Crippen molar-refractivity contribution in [3.63, 3.8) is 0 Å². The monoisotopic (exact) mass is 369 g/mol. The molecule has 7 heteroatoms. The minimum Gasteiger partial charge on any atom is -0.504 e. The van der Waals surface area contributed by atoms with Crippen LogP contribution in [0, 0.1) is 0 Å². The zero-order valence-electron chi connectivity index (χ0n) is 15.2. The van der Waals surface area contributed by atoms with Gasteiger partial charge >= 0.3 is 0 Å². The van der Waals surface area contributed by atoms with E-state index < -0.39 is 5.75 Å². The molecular weight excluding hydrogens is 350 g/mol. The maximum atomic E-state index is 13.0. The summed E-state index contributed by atoms with van der Waals surface area (Å²) >= 11 is 0. The molecule has 0 radical (unpaired) electrons. The van der Waals surface area contributed by atoms with E-state index in [4.69, 9.17) is 14.2 Å². The highest BCUT2D eigenvalue weighted by atomic mass is 16.5. The van der Waals surface area contributed by atoms with E-state index in [-0.39, 0.29) is 16.7 Å². The smallest absolute Gasteiger partial charge is 0.262 e. The molecule has 7 nitrogen and oxygen atoms in total. The number of phenols is 2. The van der Waals surface area contributed by atoms with E-state index in [0.717, 1.165) is 11.1 Å². The first-order valence-corrected chi connectivity index (χ1v) is 8.42. The summed E-state index contributed by atoms with van der Waals surface area (Å²) in [5, 5.41) is 20.6. The van der Waals surface area contributed by atoms with Crippen LogP contribution in [0.2, 0.25) is 0 Å². The molecule has 0 saturated carbocycles. The highest BCUT2D eigenvalue weighted by molar-refractivity contribution is 5.93. The highest BCUT2D eigenvalue weighted by Crippen LogP contribution is 2.47. The van der Waals surface area contributed by atoms with Gasteiger partial charge in [-0.05, 0) is 30.0 Å². The first-order valence-electron chi connectivity index (χ1n) is 8.42. The molecule has 1 aliphatic rings. The number of ether oxygens (including phenoxy) is 3. The Morgan fingerprint density at radius 1 is 1.00 bits per heavy atom. The number of fused-ring (bicyclic) bond motifs is 4. The standard InChI is InChI=1S/C20H19NO6/c1-25-15-9-12-11(18(26-2)19(15)27-3)6-7-21-13(12)8-10-4-5-14(22)17(23)16(10)20(21)24/h4-5,8-9,22-23H,6-7H2,1-3H3. The summed E-state index contributed by atoms with van der Waals surface area (Å²) in [4.78, 5) is 13.0. The zero-order valence-corrected chi connectivity index (χ0v) is 15.2. The Hall–Kier alpha value is -3.35. The molecule has 2 N–H and O–H groups in total. The van der Waals surface area contributed by atoms with Gasteiger partial charge in [0.05, 0.1) is 32.4 Å². The number of rotatable bonds is 3. The van der Waals surface area contributed by atoms with Gasteiger partial charge in [-0.1, -0.05) is 6.07 Å². The molecule has 27 heavy (non-hydrogen) atoms. The summed E-state index contributed by atoms with van der Waals surface area (Å²) < 4.78 is 18.1. The first-order chi connectivity index (χ1) is 13.0. The van der Waals surface area contributed by atoms with Crippen molar-refractivity contribution in [2.45, 2.75) is 13.0 Å². The minimum absolute atomic E-state index is 0.106. The van der Waals surface area contributed by atoms with E-state index >= 15 is 0 Å². The molecule has 2 heterocycles. The number of benzene rings is 2. The van der Waals surface area contributed by atoms with Gasteiger partial charge in [0.25, 0.3) is 5.56 Å². The molecule has 0 unspecified atom stereocenters. The van der Waals surface area contributed by atoms with Crippen LogP contribution in [-0.2, 0) is 13.0 Å². The van der Waals surface area contributed by atoms with Crippen molar-refractivity contribution in [1.29, 1.82) is 0 Å². The Balaban J connectivity index is 2.10. The number of pyridine rings is 1. The van der Waals surface area contributed by atoms with Gasteiger partial charge in [0.2, 0.25) is 5.75 Å². The lowest BCUT2D eigenvalue weighted by atomic mass is 9.94. The number of methoxy groups -OCH3 is 3. The fourth-order valence-corrected chi connectivity index (χ4v) is 3.77. The average Bonchev–Trinajstić information content (AvgIpc) is 2.68. The van der Waals surface area contributed by atoms with Gasteiger partial charge in [0.1, 0.15) is 0 Å². The van der Waals surface area contributed by atoms with E-state index in [1.54, 1.807) is 32.0 Å². The molecule has 0 saturated heterocycles. The van der Waals surface area contributed by atoms with Crippen molar-refractivity contribution >= 4 is 10.8 Å². The van der Waals surface area contributed by atoms with Gasteiger partial charge in [-0.15, -0.1) is 0 Å². The number of aromatic nitrogens is 1. The molecule has 0 atom stereocenters. The number of phenolic OH excluding ortho intramolecular Hbond substituents is 2. The summed E-state index contributed by atoms with van der Waals surface area (Å²) in [5.41, 5.74) is 2.08. The molecule has 140 valence electrons. The molecule has 3 aromatic rings. The van der Waals surface area contributed by atoms with Crippen molar-refractivity contribution in [3.8, 4) is 40.0 Å². The molecule has 1 aromatic heterocycles. The van der Waals surface area contributed by atoms with Gasteiger partial charge in [0.15, 0.2) is 23.0 Å². The summed E-state index contributed by atoms with van der Waals surface area (Å²) in [6.07, 6.45) is 0.552. The number of hydrogen-bond acceptors (Lipinski definition) is 6. The van der Waals surface area contributed by atoms with E-state index in [1.165, 1.54) is 6.07 Å². The Labute approximate surface area is 155 Å². The van der Waals surface area contributed by atoms with Crippen LogP contribution >= 0.6 is 0 Å². The van der Waals surface area contributed by atoms with Gasteiger partial charge in [-0.2, -0.15) is 0 Å². The molecule has 0 fully saturated rings. The lowest BCUT2D eigenvalue weighted by Gasteiger charge is -2.26. The number of aromatic hydroxyl groups is 2. The van der Waals surface area contributed by atoms with Crippen LogP contribution in [0.5, 0.6) is 28.7 Å². The van der Waals surface area contributed by atoms with Crippen molar-refractivity contribution in [1.82, 2.24) is 4.57 Å². The average molecular weight is 369 g/mol. The number of hydrogen-bond donors (Lipinski definition) is 2. The molecule has 0 amide bonds. The third-order valence-corrected chi connectivity index (χ3v) is 5.03. The molecule has 4 rings (SSSR count). The van der Waals surface area contributed by atoms with Crippen molar-refractivity contribution in [2.24, 2.45) is 0 Å². The topological polar surface area (TPSA) is 90.2 Å². The van der Waals surface area contributed by atoms with Gasteiger partial charge in [-0.3, -0.25) is 4.79 Å². The Morgan fingerprint density at radius 2 is 1.74 bits per heavy atom. The fourth-order valence-electron chi connectivity index (χ4n) is 3.77. The summed E-state index contributed by atoms with van der Waals surface area (Å²) in [5.74, 6) is 0.882. The van der Waals surface area contributed by atoms with E-state index in [9.17, 15) is 15.0 Å². The van der Waals surface area contributed by atoms with Gasteiger partial charge in [-0.25, -0.2) is 0 Å². The largest absolute Gasteiger partial charge is 0.504 e. The molecule has 2 aromatic carbocycles. The predicted molar refractivity (Wildman–Crippen MR) is 100 cm³/mol. The fraction of sp³-hybridized carbons (Fsp3) is 0.250. The van der Waals surface area contributed by atoms with E-state index in [2.05, 4.69) is 0 Å². The van der Waals surface area contributed by atoms with Crippen LogP contribution in [0.25, 0.3) is 22.0 Å². The Morgan fingerprint density at radius 3 is 2.41 bits per heavy atom. The first kappa shape index (κ1) is 17.1. The molecule has 0 aliphatic carbocycles. The second-order valence-electron chi connectivity index (χ2n) is 6.31. The zero-order chi connectivity index (χ0) is 19.3. The number of nitrogens with zero attached hydrogens (tertiary/aromatic N) is 1. The third-order valence-electron chi connectivity index (χ3n) is 5.03. The van der Waals surface area contributed by atoms with Gasteiger partial charge < -0.3 is 29.0 Å². The third kappa shape index (κ3) is 2.31. The Kier molecular flexibility index (Phi) is 3.87. The SMILES string of the molecule is COc1cc2c(c(OC)c1OC)CCn1c-2cc2ccc(O)c(O)c2c1=O. The van der Waals surface area contributed by atoms with Crippen LogP contribution in [0.1, 0.15) is 5.56 Å². The second-order valence-corrected chi connectivity index (χ2v) is 6.31. The van der Waals surface area contributed by atoms with Crippen LogP contribution < -0.4 is 19.8 Å².